The Hall–Kier alpha value is -3.25. The molecule has 1 N–H and O–H groups in total. The van der Waals surface area contributed by atoms with Crippen LogP contribution in [-0.2, 0) is 0 Å². The molecular weight excluding hydrogens is 398 g/mol. The van der Waals surface area contributed by atoms with Crippen LogP contribution in [0.3, 0.4) is 0 Å². The number of hydrogen-bond acceptors (Lipinski definition) is 3. The summed E-state index contributed by atoms with van der Waals surface area (Å²) in [5.74, 6) is 0.968. The molecule has 0 radical (unpaired) electrons. The first-order valence-electron chi connectivity index (χ1n) is 10.1. The van der Waals surface area contributed by atoms with E-state index in [1.54, 1.807) is 12.1 Å². The number of carbonyl (C=O) groups is 1. The van der Waals surface area contributed by atoms with Gasteiger partial charge in [-0.1, -0.05) is 29.8 Å². The Labute approximate surface area is 179 Å². The standard InChI is InChI=1S/C23H22ClN5O/c24-17-6-3-7-18(16-17)25-23(30)28-12-5-11-27(14-15-28)22-21-10-4-13-29(21)20-9-2-1-8-19(20)26-22/h1-4,6-10,13,16H,5,11-12,14-15H2,(H,25,30). The van der Waals surface area contributed by atoms with Gasteiger partial charge in [0.15, 0.2) is 5.82 Å². The molecule has 1 aliphatic heterocycles. The molecule has 0 spiro atoms. The molecule has 7 heteroatoms. The normalized spacial score (nSPS) is 14.8. The van der Waals surface area contributed by atoms with Gasteiger partial charge in [0.1, 0.15) is 0 Å². The van der Waals surface area contributed by atoms with Gasteiger partial charge >= 0.3 is 6.03 Å². The van der Waals surface area contributed by atoms with Gasteiger partial charge in [-0.05, 0) is 48.9 Å². The molecule has 0 unspecified atom stereocenters. The highest BCUT2D eigenvalue weighted by atomic mass is 35.5. The second-order valence-electron chi connectivity index (χ2n) is 7.46. The number of nitrogens with one attached hydrogen (secondary N) is 1. The topological polar surface area (TPSA) is 52.9 Å². The Balaban J connectivity index is 1.37. The van der Waals surface area contributed by atoms with E-state index < -0.39 is 0 Å². The predicted molar refractivity (Wildman–Crippen MR) is 122 cm³/mol. The fourth-order valence-corrected chi connectivity index (χ4v) is 4.23. The van der Waals surface area contributed by atoms with Crippen molar-refractivity contribution in [3.8, 4) is 0 Å². The van der Waals surface area contributed by atoms with Crippen LogP contribution in [0.1, 0.15) is 6.42 Å². The van der Waals surface area contributed by atoms with Gasteiger partial charge in [-0.3, -0.25) is 0 Å². The van der Waals surface area contributed by atoms with E-state index in [0.29, 0.717) is 23.8 Å². The third-order valence-corrected chi connectivity index (χ3v) is 5.74. The van der Waals surface area contributed by atoms with Crippen LogP contribution >= 0.6 is 11.6 Å². The number of para-hydroxylation sites is 2. The summed E-state index contributed by atoms with van der Waals surface area (Å²) in [4.78, 5) is 21.9. The minimum atomic E-state index is -0.0987. The van der Waals surface area contributed by atoms with Crippen LogP contribution in [0.2, 0.25) is 5.02 Å². The molecule has 152 valence electrons. The molecule has 0 atom stereocenters. The zero-order valence-corrected chi connectivity index (χ0v) is 17.2. The molecule has 4 aromatic rings. The van der Waals surface area contributed by atoms with Gasteiger partial charge in [-0.25, -0.2) is 9.78 Å². The summed E-state index contributed by atoms with van der Waals surface area (Å²) in [7, 11) is 0. The Morgan fingerprint density at radius 2 is 1.80 bits per heavy atom. The second kappa shape index (κ2) is 7.88. The maximum absolute atomic E-state index is 12.8. The number of halogens is 1. The van der Waals surface area contributed by atoms with Gasteiger partial charge < -0.3 is 19.5 Å². The van der Waals surface area contributed by atoms with Crippen LogP contribution in [0.4, 0.5) is 16.3 Å². The maximum atomic E-state index is 12.8. The number of nitrogens with zero attached hydrogens (tertiary/aromatic N) is 4. The van der Waals surface area contributed by atoms with Gasteiger partial charge in [0, 0.05) is 43.1 Å². The lowest BCUT2D eigenvalue weighted by Gasteiger charge is -2.24. The highest BCUT2D eigenvalue weighted by Gasteiger charge is 2.22. The molecular formula is C23H22ClN5O. The molecule has 3 heterocycles. The number of hydrogen-bond donors (Lipinski definition) is 1. The first-order valence-corrected chi connectivity index (χ1v) is 10.5. The van der Waals surface area contributed by atoms with Crippen LogP contribution in [0, 0.1) is 0 Å². The molecule has 0 aliphatic carbocycles. The van der Waals surface area contributed by atoms with Gasteiger partial charge in [0.05, 0.1) is 16.6 Å². The summed E-state index contributed by atoms with van der Waals surface area (Å²) in [5.41, 5.74) is 3.86. The van der Waals surface area contributed by atoms with Crippen LogP contribution < -0.4 is 10.2 Å². The zero-order valence-electron chi connectivity index (χ0n) is 16.5. The van der Waals surface area contributed by atoms with Crippen molar-refractivity contribution in [2.75, 3.05) is 36.4 Å². The van der Waals surface area contributed by atoms with E-state index >= 15 is 0 Å². The van der Waals surface area contributed by atoms with Crippen molar-refractivity contribution in [2.45, 2.75) is 6.42 Å². The van der Waals surface area contributed by atoms with Crippen molar-refractivity contribution >= 4 is 45.7 Å². The van der Waals surface area contributed by atoms with E-state index in [0.717, 1.165) is 41.9 Å². The van der Waals surface area contributed by atoms with E-state index in [4.69, 9.17) is 16.6 Å². The maximum Gasteiger partial charge on any atom is 0.321 e. The summed E-state index contributed by atoms with van der Waals surface area (Å²) < 4.78 is 2.19. The fourth-order valence-electron chi connectivity index (χ4n) is 4.04. The lowest BCUT2D eigenvalue weighted by atomic mass is 10.3. The quantitative estimate of drug-likeness (QED) is 0.503. The lowest BCUT2D eigenvalue weighted by Crippen LogP contribution is -2.38. The smallest absolute Gasteiger partial charge is 0.321 e. The lowest BCUT2D eigenvalue weighted by molar-refractivity contribution is 0.215. The number of aromatic nitrogens is 2. The highest BCUT2D eigenvalue weighted by Crippen LogP contribution is 2.26. The van der Waals surface area contributed by atoms with E-state index in [2.05, 4.69) is 39.0 Å². The number of amides is 2. The van der Waals surface area contributed by atoms with E-state index in [1.165, 1.54) is 0 Å². The van der Waals surface area contributed by atoms with Crippen molar-refractivity contribution < 1.29 is 4.79 Å². The molecule has 0 bridgehead atoms. The van der Waals surface area contributed by atoms with E-state index in [9.17, 15) is 4.79 Å². The molecule has 2 aromatic carbocycles. The molecule has 6 nitrogen and oxygen atoms in total. The SMILES string of the molecule is O=C(Nc1cccc(Cl)c1)N1CCCN(c2nc3ccccc3n3cccc23)CC1. The number of urea groups is 1. The Morgan fingerprint density at radius 1 is 0.933 bits per heavy atom. The number of anilines is 2. The zero-order chi connectivity index (χ0) is 20.5. The Bertz CT molecular complexity index is 1220. The average molecular weight is 420 g/mol. The van der Waals surface area contributed by atoms with E-state index in [1.807, 2.05) is 35.2 Å². The minimum absolute atomic E-state index is 0.0987. The Morgan fingerprint density at radius 3 is 2.70 bits per heavy atom. The van der Waals surface area contributed by atoms with Crippen LogP contribution in [0.25, 0.3) is 16.6 Å². The van der Waals surface area contributed by atoms with Gasteiger partial charge in [-0.15, -0.1) is 0 Å². The van der Waals surface area contributed by atoms with Crippen molar-refractivity contribution in [1.29, 1.82) is 0 Å². The number of rotatable bonds is 2. The van der Waals surface area contributed by atoms with E-state index in [-0.39, 0.29) is 6.03 Å². The summed E-state index contributed by atoms with van der Waals surface area (Å²) in [6.45, 7) is 2.92. The average Bonchev–Trinajstić information content (AvgIpc) is 3.11. The van der Waals surface area contributed by atoms with Crippen LogP contribution in [0.15, 0.2) is 66.9 Å². The predicted octanol–water partition coefficient (Wildman–Crippen LogP) is 4.89. The first kappa shape index (κ1) is 18.8. The third-order valence-electron chi connectivity index (χ3n) is 5.50. The van der Waals surface area contributed by atoms with Crippen molar-refractivity contribution in [3.05, 3.63) is 71.9 Å². The first-order chi connectivity index (χ1) is 14.7. The van der Waals surface area contributed by atoms with Crippen molar-refractivity contribution in [3.63, 3.8) is 0 Å². The number of benzene rings is 2. The summed E-state index contributed by atoms with van der Waals surface area (Å²) in [6, 6.07) is 19.4. The highest BCUT2D eigenvalue weighted by molar-refractivity contribution is 6.30. The molecule has 2 amide bonds. The molecule has 0 saturated carbocycles. The molecule has 1 fully saturated rings. The van der Waals surface area contributed by atoms with Crippen LogP contribution in [0.5, 0.6) is 0 Å². The minimum Gasteiger partial charge on any atom is -0.353 e. The molecule has 2 aromatic heterocycles. The molecule has 30 heavy (non-hydrogen) atoms. The fraction of sp³-hybridized carbons (Fsp3) is 0.217. The van der Waals surface area contributed by atoms with Crippen molar-refractivity contribution in [2.24, 2.45) is 0 Å². The third kappa shape index (κ3) is 3.55. The van der Waals surface area contributed by atoms with Crippen molar-refractivity contribution in [1.82, 2.24) is 14.3 Å². The van der Waals surface area contributed by atoms with Gasteiger partial charge in [-0.2, -0.15) is 0 Å². The summed E-state index contributed by atoms with van der Waals surface area (Å²) >= 11 is 6.03. The molecule has 1 aliphatic rings. The molecule has 1 saturated heterocycles. The Kier molecular flexibility index (Phi) is 4.93. The molecule has 5 rings (SSSR count). The monoisotopic (exact) mass is 419 g/mol. The van der Waals surface area contributed by atoms with Gasteiger partial charge in [0.2, 0.25) is 0 Å². The second-order valence-corrected chi connectivity index (χ2v) is 7.89. The van der Waals surface area contributed by atoms with Gasteiger partial charge in [0.25, 0.3) is 0 Å². The van der Waals surface area contributed by atoms with Crippen LogP contribution in [-0.4, -0.2) is 46.5 Å². The largest absolute Gasteiger partial charge is 0.353 e. The summed E-state index contributed by atoms with van der Waals surface area (Å²) in [6.07, 6.45) is 2.95. The number of fused-ring (bicyclic) bond motifs is 3. The number of carbonyl (C=O) groups excluding carboxylic acids is 1. The summed E-state index contributed by atoms with van der Waals surface area (Å²) in [5, 5.41) is 3.55.